The van der Waals surface area contributed by atoms with E-state index >= 15 is 0 Å². The minimum Gasteiger partial charge on any atom is -0.338 e. The van der Waals surface area contributed by atoms with Crippen LogP contribution in [0.2, 0.25) is 5.02 Å². The molecule has 2 fully saturated rings. The third-order valence-electron chi connectivity index (χ3n) is 5.43. The molecule has 1 saturated carbocycles. The Balaban J connectivity index is 1.41. The van der Waals surface area contributed by atoms with Crippen LogP contribution < -0.4 is 0 Å². The molecule has 0 unspecified atom stereocenters. The summed E-state index contributed by atoms with van der Waals surface area (Å²) >= 11 is 5.97. The molecule has 134 valence electrons. The quantitative estimate of drug-likeness (QED) is 0.833. The van der Waals surface area contributed by atoms with E-state index in [4.69, 9.17) is 11.6 Å². The number of rotatable bonds is 3. The lowest BCUT2D eigenvalue weighted by Crippen LogP contribution is -2.53. The topological polar surface area (TPSA) is 40.6 Å². The lowest BCUT2D eigenvalue weighted by atomic mass is 9.94. The van der Waals surface area contributed by atoms with Gasteiger partial charge >= 0.3 is 0 Å². The number of carbonyl (C=O) groups excluding carboxylic acids is 2. The van der Waals surface area contributed by atoms with Gasteiger partial charge in [0.25, 0.3) is 5.91 Å². The Morgan fingerprint density at radius 1 is 0.808 bits per heavy atom. The zero-order chi connectivity index (χ0) is 18.1. The van der Waals surface area contributed by atoms with Gasteiger partial charge in [-0.05, 0) is 42.7 Å². The third-order valence-corrected chi connectivity index (χ3v) is 5.68. The first-order valence-electron chi connectivity index (χ1n) is 9.00. The summed E-state index contributed by atoms with van der Waals surface area (Å²) in [5, 5.41) is 0.685. The molecular formula is C21H21ClN2O2. The molecule has 1 heterocycles. The Kier molecular flexibility index (Phi) is 4.45. The normalized spacial score (nSPS) is 18.5. The molecule has 1 aliphatic heterocycles. The molecule has 4 rings (SSSR count). The van der Waals surface area contributed by atoms with Crippen LogP contribution in [-0.2, 0) is 10.2 Å². The van der Waals surface area contributed by atoms with Crippen LogP contribution in [-0.4, -0.2) is 47.8 Å². The first-order chi connectivity index (χ1) is 12.6. The second-order valence-electron chi connectivity index (χ2n) is 7.04. The summed E-state index contributed by atoms with van der Waals surface area (Å²) < 4.78 is 0. The summed E-state index contributed by atoms with van der Waals surface area (Å²) in [5.74, 6) is 0.225. The molecule has 5 heteroatoms. The highest BCUT2D eigenvalue weighted by Gasteiger charge is 2.53. The largest absolute Gasteiger partial charge is 0.338 e. The van der Waals surface area contributed by atoms with Gasteiger partial charge < -0.3 is 9.80 Å². The highest BCUT2D eigenvalue weighted by atomic mass is 35.5. The zero-order valence-corrected chi connectivity index (χ0v) is 15.3. The maximum Gasteiger partial charge on any atom is 0.253 e. The highest BCUT2D eigenvalue weighted by Crippen LogP contribution is 2.49. The Hall–Kier alpha value is -2.33. The molecule has 0 bridgehead atoms. The number of benzene rings is 2. The van der Waals surface area contributed by atoms with Gasteiger partial charge in [-0.15, -0.1) is 0 Å². The monoisotopic (exact) mass is 368 g/mol. The average molecular weight is 369 g/mol. The molecule has 2 aromatic rings. The predicted molar refractivity (Wildman–Crippen MR) is 101 cm³/mol. The predicted octanol–water partition coefficient (Wildman–Crippen LogP) is 3.36. The number of hydrogen-bond acceptors (Lipinski definition) is 2. The summed E-state index contributed by atoms with van der Waals surface area (Å²) in [6.07, 6.45) is 1.77. The summed E-state index contributed by atoms with van der Waals surface area (Å²) in [5.41, 5.74) is 1.37. The molecule has 2 amide bonds. The van der Waals surface area contributed by atoms with Gasteiger partial charge in [-0.2, -0.15) is 0 Å². The van der Waals surface area contributed by atoms with Crippen molar-refractivity contribution >= 4 is 23.4 Å². The zero-order valence-electron chi connectivity index (χ0n) is 14.5. The molecule has 4 nitrogen and oxygen atoms in total. The summed E-state index contributed by atoms with van der Waals surface area (Å²) in [6, 6.07) is 16.9. The first kappa shape index (κ1) is 17.1. The molecule has 2 aromatic carbocycles. The molecule has 0 radical (unpaired) electrons. The van der Waals surface area contributed by atoms with Crippen LogP contribution >= 0.6 is 11.6 Å². The smallest absolute Gasteiger partial charge is 0.253 e. The highest BCUT2D eigenvalue weighted by molar-refractivity contribution is 6.30. The summed E-state index contributed by atoms with van der Waals surface area (Å²) in [6.45, 7) is 2.34. The van der Waals surface area contributed by atoms with Gasteiger partial charge in [0, 0.05) is 36.8 Å². The molecule has 0 spiro atoms. The van der Waals surface area contributed by atoms with Crippen molar-refractivity contribution in [1.29, 1.82) is 0 Å². The summed E-state index contributed by atoms with van der Waals surface area (Å²) in [7, 11) is 0. The maximum absolute atomic E-state index is 13.1. The molecule has 0 N–H and O–H groups in total. The van der Waals surface area contributed by atoms with Gasteiger partial charge in [-0.3, -0.25) is 9.59 Å². The summed E-state index contributed by atoms with van der Waals surface area (Å²) in [4.78, 5) is 29.4. The number of nitrogens with zero attached hydrogens (tertiary/aromatic N) is 2. The SMILES string of the molecule is O=C(c1ccccc1)N1CCN(C(=O)C2(c3ccc(Cl)cc3)CC2)CC1. The van der Waals surface area contributed by atoms with Gasteiger partial charge in [0.05, 0.1) is 5.41 Å². The van der Waals surface area contributed by atoms with Gasteiger partial charge in [-0.25, -0.2) is 0 Å². The van der Waals surface area contributed by atoms with Crippen molar-refractivity contribution in [1.82, 2.24) is 9.80 Å². The Labute approximate surface area is 158 Å². The van der Waals surface area contributed by atoms with E-state index < -0.39 is 0 Å². The third kappa shape index (κ3) is 3.10. The number of halogens is 1. The van der Waals surface area contributed by atoms with E-state index in [2.05, 4.69) is 0 Å². The second kappa shape index (κ2) is 6.76. The van der Waals surface area contributed by atoms with Crippen LogP contribution in [0.3, 0.4) is 0 Å². The van der Waals surface area contributed by atoms with Crippen LogP contribution in [0.15, 0.2) is 54.6 Å². The van der Waals surface area contributed by atoms with Gasteiger partial charge in [-0.1, -0.05) is 41.9 Å². The second-order valence-corrected chi connectivity index (χ2v) is 7.48. The van der Waals surface area contributed by atoms with E-state index in [0.717, 1.165) is 18.4 Å². The van der Waals surface area contributed by atoms with E-state index in [-0.39, 0.29) is 17.2 Å². The van der Waals surface area contributed by atoms with Crippen molar-refractivity contribution in [2.45, 2.75) is 18.3 Å². The van der Waals surface area contributed by atoms with E-state index in [1.807, 2.05) is 64.4 Å². The molecule has 0 atom stereocenters. The van der Waals surface area contributed by atoms with E-state index in [1.54, 1.807) is 0 Å². The molecular weight excluding hydrogens is 348 g/mol. The average Bonchev–Trinajstić information content (AvgIpc) is 3.50. The Bertz CT molecular complexity index is 808. The number of piperazine rings is 1. The van der Waals surface area contributed by atoms with Crippen molar-refractivity contribution < 1.29 is 9.59 Å². The minimum atomic E-state index is -0.379. The number of hydrogen-bond donors (Lipinski definition) is 0. The van der Waals surface area contributed by atoms with Crippen molar-refractivity contribution in [3.05, 3.63) is 70.7 Å². The maximum atomic E-state index is 13.1. The lowest BCUT2D eigenvalue weighted by Gasteiger charge is -2.36. The fourth-order valence-corrected chi connectivity index (χ4v) is 3.82. The van der Waals surface area contributed by atoms with Crippen LogP contribution in [0.25, 0.3) is 0 Å². The molecule has 2 aliphatic rings. The number of amides is 2. The lowest BCUT2D eigenvalue weighted by molar-refractivity contribution is -0.135. The van der Waals surface area contributed by atoms with Crippen LogP contribution in [0, 0.1) is 0 Å². The van der Waals surface area contributed by atoms with E-state index in [0.29, 0.717) is 36.8 Å². The van der Waals surface area contributed by atoms with Gasteiger partial charge in [0.1, 0.15) is 0 Å². The fraction of sp³-hybridized carbons (Fsp3) is 0.333. The Morgan fingerprint density at radius 3 is 1.96 bits per heavy atom. The standard InChI is InChI=1S/C21H21ClN2O2/c22-18-8-6-17(7-9-18)21(10-11-21)20(26)24-14-12-23(13-15-24)19(25)16-4-2-1-3-5-16/h1-9H,10-15H2. The van der Waals surface area contributed by atoms with Gasteiger partial charge in [0.2, 0.25) is 5.91 Å². The fourth-order valence-electron chi connectivity index (χ4n) is 3.70. The molecule has 1 saturated heterocycles. The van der Waals surface area contributed by atoms with E-state index in [9.17, 15) is 9.59 Å². The molecule has 26 heavy (non-hydrogen) atoms. The van der Waals surface area contributed by atoms with Crippen LogP contribution in [0.1, 0.15) is 28.8 Å². The molecule has 1 aliphatic carbocycles. The number of carbonyl (C=O) groups is 2. The van der Waals surface area contributed by atoms with Crippen molar-refractivity contribution in [2.24, 2.45) is 0 Å². The minimum absolute atomic E-state index is 0.0385. The first-order valence-corrected chi connectivity index (χ1v) is 9.38. The van der Waals surface area contributed by atoms with Crippen LogP contribution in [0.5, 0.6) is 0 Å². The van der Waals surface area contributed by atoms with Crippen molar-refractivity contribution in [2.75, 3.05) is 26.2 Å². The van der Waals surface area contributed by atoms with Crippen molar-refractivity contribution in [3.8, 4) is 0 Å². The Morgan fingerprint density at radius 2 is 1.38 bits per heavy atom. The van der Waals surface area contributed by atoms with Gasteiger partial charge in [0.15, 0.2) is 0 Å². The van der Waals surface area contributed by atoms with Crippen LogP contribution in [0.4, 0.5) is 0 Å². The molecule has 0 aromatic heterocycles. The van der Waals surface area contributed by atoms with E-state index in [1.165, 1.54) is 0 Å². The van der Waals surface area contributed by atoms with Crippen molar-refractivity contribution in [3.63, 3.8) is 0 Å².